The molecule has 2 aliphatic rings. The van der Waals surface area contributed by atoms with Crippen LogP contribution in [0.4, 0.5) is 23.8 Å². The van der Waals surface area contributed by atoms with Crippen molar-refractivity contribution in [3.8, 4) is 17.3 Å². The zero-order chi connectivity index (χ0) is 25.5. The predicted molar refractivity (Wildman–Crippen MR) is 121 cm³/mol. The Bertz CT molecular complexity index is 1140. The first-order chi connectivity index (χ1) is 16.4. The van der Waals surface area contributed by atoms with Gasteiger partial charge in [0.05, 0.1) is 23.0 Å². The number of carbonyl (C=O) groups excluding carboxylic acids is 1. The molecular formula is C24H30F3N6O2+. The highest BCUT2D eigenvalue weighted by Crippen LogP contribution is 2.39. The van der Waals surface area contributed by atoms with Gasteiger partial charge in [-0.25, -0.2) is 9.78 Å². The number of nitrogens with zero attached hydrogens (tertiary/aromatic N) is 5. The largest absolute Gasteiger partial charge is 0.444 e. The van der Waals surface area contributed by atoms with Crippen LogP contribution in [0.3, 0.4) is 0 Å². The minimum absolute atomic E-state index is 0.0252. The number of H-pyrrole nitrogens is 1. The predicted octanol–water partition coefficient (Wildman–Crippen LogP) is 4.43. The molecule has 0 bridgehead atoms. The maximum atomic E-state index is 13.8. The molecule has 4 rings (SSSR count). The van der Waals surface area contributed by atoms with Crippen LogP contribution in [0, 0.1) is 11.3 Å². The summed E-state index contributed by atoms with van der Waals surface area (Å²) in [6.45, 7) is 8.97. The maximum absolute atomic E-state index is 13.8. The van der Waals surface area contributed by atoms with Crippen molar-refractivity contribution >= 4 is 11.9 Å². The molecule has 2 saturated heterocycles. The van der Waals surface area contributed by atoms with Gasteiger partial charge in [-0.15, -0.1) is 4.68 Å². The summed E-state index contributed by atoms with van der Waals surface area (Å²) in [6, 6.07) is 2.75. The molecule has 8 nitrogen and oxygen atoms in total. The van der Waals surface area contributed by atoms with E-state index in [1.807, 2.05) is 32.4 Å². The Morgan fingerprint density at radius 1 is 1.23 bits per heavy atom. The number of rotatable bonds is 3. The number of anilines is 1. The summed E-state index contributed by atoms with van der Waals surface area (Å²) in [5.41, 5.74) is -1.31. The van der Waals surface area contributed by atoms with Crippen molar-refractivity contribution in [2.45, 2.75) is 70.8 Å². The van der Waals surface area contributed by atoms with Crippen molar-refractivity contribution < 1.29 is 27.4 Å². The average Bonchev–Trinajstić information content (AvgIpc) is 3.26. The van der Waals surface area contributed by atoms with Crippen LogP contribution in [0.25, 0.3) is 11.3 Å². The number of pyridine rings is 1. The number of nitrogens with one attached hydrogen (secondary N) is 1. The maximum Gasteiger partial charge on any atom is 0.417 e. The van der Waals surface area contributed by atoms with Crippen molar-refractivity contribution in [2.24, 2.45) is 0 Å². The molecule has 1 atom stereocenters. The summed E-state index contributed by atoms with van der Waals surface area (Å²) in [7, 11) is 0. The van der Waals surface area contributed by atoms with Gasteiger partial charge in [-0.2, -0.15) is 23.5 Å². The van der Waals surface area contributed by atoms with Gasteiger partial charge >= 0.3 is 12.3 Å². The number of halogens is 3. The highest BCUT2D eigenvalue weighted by molar-refractivity contribution is 5.69. The number of aromatic amines is 1. The fourth-order valence-corrected chi connectivity index (χ4v) is 4.42. The second-order valence-corrected chi connectivity index (χ2v) is 10.2. The SMILES string of the molecule is C[C@H]1CCN1c1nc(-c2c[nH][n+](C3CCN(C(=O)OC(C)(C)C)CC3)c2)cc(C(F)(F)F)c1C#N. The second-order valence-electron chi connectivity index (χ2n) is 10.2. The highest BCUT2D eigenvalue weighted by atomic mass is 19.4. The summed E-state index contributed by atoms with van der Waals surface area (Å²) in [5.74, 6) is 0.0782. The first-order valence-electron chi connectivity index (χ1n) is 11.7. The van der Waals surface area contributed by atoms with E-state index in [9.17, 15) is 23.2 Å². The molecule has 0 unspecified atom stereocenters. The van der Waals surface area contributed by atoms with E-state index in [-0.39, 0.29) is 29.7 Å². The van der Waals surface area contributed by atoms with Crippen molar-refractivity contribution in [2.75, 3.05) is 24.5 Å². The molecule has 35 heavy (non-hydrogen) atoms. The fourth-order valence-electron chi connectivity index (χ4n) is 4.42. The highest BCUT2D eigenvalue weighted by Gasteiger charge is 2.39. The van der Waals surface area contributed by atoms with Gasteiger partial charge < -0.3 is 14.5 Å². The van der Waals surface area contributed by atoms with Crippen LogP contribution < -0.4 is 9.58 Å². The first kappa shape index (κ1) is 24.8. The van der Waals surface area contributed by atoms with E-state index in [0.29, 0.717) is 38.0 Å². The van der Waals surface area contributed by atoms with Crippen LogP contribution in [-0.2, 0) is 10.9 Å². The standard InChI is InChI=1S/C24H29F3N6O2/c1-15-5-10-32(15)21-18(12-28)19(24(25,26)27)11-20(30-21)16-13-29-33(14-16)17-6-8-31(9-7-17)22(34)35-23(2,3)4/h11,13-15,17H,5-10H2,1-4H3/p+1/t15-/m0/s1. The number of alkyl halides is 3. The molecular weight excluding hydrogens is 461 g/mol. The first-order valence-corrected chi connectivity index (χ1v) is 11.7. The molecule has 188 valence electrons. The molecule has 4 heterocycles. The number of nitriles is 1. The zero-order valence-corrected chi connectivity index (χ0v) is 20.3. The number of carbonyl (C=O) groups is 1. The molecule has 2 fully saturated rings. The minimum atomic E-state index is -4.67. The number of hydrogen-bond acceptors (Lipinski definition) is 5. The number of aromatic nitrogens is 3. The smallest absolute Gasteiger partial charge is 0.417 e. The summed E-state index contributed by atoms with van der Waals surface area (Å²) >= 11 is 0. The van der Waals surface area contributed by atoms with Crippen molar-refractivity contribution in [1.82, 2.24) is 15.0 Å². The number of amides is 1. The molecule has 2 aromatic heterocycles. The Balaban J connectivity index is 1.56. The van der Waals surface area contributed by atoms with Gasteiger partial charge in [0, 0.05) is 38.5 Å². The third kappa shape index (κ3) is 5.21. The molecule has 0 saturated carbocycles. The molecule has 0 radical (unpaired) electrons. The van der Waals surface area contributed by atoms with E-state index >= 15 is 0 Å². The lowest BCUT2D eigenvalue weighted by molar-refractivity contribution is -0.775. The quantitative estimate of drug-likeness (QED) is 0.642. The van der Waals surface area contributed by atoms with E-state index in [2.05, 4.69) is 10.1 Å². The van der Waals surface area contributed by atoms with Crippen LogP contribution in [-0.4, -0.2) is 52.4 Å². The summed E-state index contributed by atoms with van der Waals surface area (Å²) in [5, 5.41) is 12.6. The Kier molecular flexibility index (Phi) is 6.42. The van der Waals surface area contributed by atoms with Crippen molar-refractivity contribution in [3.05, 3.63) is 29.6 Å². The van der Waals surface area contributed by atoms with E-state index in [4.69, 9.17) is 4.74 Å². The molecule has 0 spiro atoms. The van der Waals surface area contributed by atoms with Crippen LogP contribution >= 0.6 is 0 Å². The Morgan fingerprint density at radius 2 is 1.91 bits per heavy atom. The monoisotopic (exact) mass is 491 g/mol. The Hall–Kier alpha value is -3.29. The second kappa shape index (κ2) is 9.06. The number of likely N-dealkylation sites (tertiary alicyclic amines) is 1. The van der Waals surface area contributed by atoms with Gasteiger partial charge in [0.15, 0.2) is 6.04 Å². The van der Waals surface area contributed by atoms with Crippen LogP contribution in [0.1, 0.15) is 64.1 Å². The lowest BCUT2D eigenvalue weighted by Gasteiger charge is -2.40. The normalized spacial score (nSPS) is 19.3. The Morgan fingerprint density at radius 3 is 2.43 bits per heavy atom. The van der Waals surface area contributed by atoms with Gasteiger partial charge in [0.1, 0.15) is 23.1 Å². The van der Waals surface area contributed by atoms with E-state index < -0.39 is 22.9 Å². The third-order valence-corrected chi connectivity index (χ3v) is 6.46. The van der Waals surface area contributed by atoms with Gasteiger partial charge in [0.2, 0.25) is 6.20 Å². The molecule has 2 aromatic rings. The van der Waals surface area contributed by atoms with Crippen LogP contribution in [0.2, 0.25) is 0 Å². The van der Waals surface area contributed by atoms with E-state index in [1.54, 1.807) is 28.3 Å². The average molecular weight is 492 g/mol. The minimum Gasteiger partial charge on any atom is -0.444 e. The molecule has 0 aliphatic carbocycles. The molecule has 2 aliphatic heterocycles. The lowest BCUT2D eigenvalue weighted by atomic mass is 10.0. The topological polar surface area (TPSA) is 89.1 Å². The van der Waals surface area contributed by atoms with Gasteiger partial charge in [-0.05, 0) is 40.2 Å². The number of piperidine rings is 1. The summed E-state index contributed by atoms with van der Waals surface area (Å²) in [4.78, 5) is 20.2. The number of hydrogen-bond donors (Lipinski definition) is 1. The van der Waals surface area contributed by atoms with E-state index in [1.165, 1.54) is 0 Å². The molecule has 0 aromatic carbocycles. The van der Waals surface area contributed by atoms with Gasteiger partial charge in [-0.1, -0.05) is 0 Å². The Labute approximate surface area is 202 Å². The van der Waals surface area contributed by atoms with E-state index in [0.717, 1.165) is 12.5 Å². The van der Waals surface area contributed by atoms with Crippen molar-refractivity contribution in [1.29, 1.82) is 5.26 Å². The molecule has 11 heteroatoms. The fraction of sp³-hybridized carbons (Fsp3) is 0.583. The van der Waals surface area contributed by atoms with Gasteiger partial charge in [0.25, 0.3) is 0 Å². The van der Waals surface area contributed by atoms with Crippen LogP contribution in [0.15, 0.2) is 18.5 Å². The zero-order valence-electron chi connectivity index (χ0n) is 20.3. The van der Waals surface area contributed by atoms with Crippen LogP contribution in [0.5, 0.6) is 0 Å². The van der Waals surface area contributed by atoms with Gasteiger partial charge in [-0.3, -0.25) is 0 Å². The number of ether oxygens (including phenoxy) is 1. The summed E-state index contributed by atoms with van der Waals surface area (Å²) < 4.78 is 48.8. The molecule has 1 N–H and O–H groups in total. The molecule has 1 amide bonds. The lowest BCUT2D eigenvalue weighted by Crippen LogP contribution is -2.49. The summed E-state index contributed by atoms with van der Waals surface area (Å²) in [6.07, 6.45) is 0.534. The third-order valence-electron chi connectivity index (χ3n) is 6.46. The van der Waals surface area contributed by atoms with Crippen molar-refractivity contribution in [3.63, 3.8) is 0 Å².